The lowest BCUT2D eigenvalue weighted by Gasteiger charge is -2.16. The molecule has 4 nitrogen and oxygen atoms in total. The number of nitrogens with zero attached hydrogens (tertiary/aromatic N) is 1. The zero-order chi connectivity index (χ0) is 18.0. The van der Waals surface area contributed by atoms with Gasteiger partial charge in [-0.1, -0.05) is 24.3 Å². The minimum atomic E-state index is -0.707. The van der Waals surface area contributed by atoms with Crippen molar-refractivity contribution in [1.29, 1.82) is 0 Å². The lowest BCUT2D eigenvalue weighted by atomic mass is 10.1. The second-order valence-electron chi connectivity index (χ2n) is 5.51. The molecule has 7 heteroatoms. The number of benzene rings is 2. The molecule has 1 amide bonds. The number of carbonyl (C=O) groups is 1. The number of halogens is 2. The van der Waals surface area contributed by atoms with E-state index >= 15 is 0 Å². The van der Waals surface area contributed by atoms with Crippen molar-refractivity contribution in [3.8, 4) is 5.69 Å². The first kappa shape index (κ1) is 17.0. The van der Waals surface area contributed by atoms with Crippen LogP contribution in [0.25, 0.3) is 5.69 Å². The highest BCUT2D eigenvalue weighted by Gasteiger charge is 2.19. The van der Waals surface area contributed by atoms with Crippen molar-refractivity contribution in [2.75, 3.05) is 0 Å². The number of aromatic nitrogens is 2. The number of carbonyl (C=O) groups excluding carboxylic acids is 1. The molecule has 3 aromatic rings. The van der Waals surface area contributed by atoms with E-state index in [9.17, 15) is 13.6 Å². The van der Waals surface area contributed by atoms with Gasteiger partial charge in [-0.05, 0) is 37.3 Å². The van der Waals surface area contributed by atoms with Crippen molar-refractivity contribution in [2.45, 2.75) is 13.0 Å². The Morgan fingerprint density at radius 1 is 1.20 bits per heavy atom. The maximum Gasteiger partial charge on any atom is 0.270 e. The molecule has 0 fully saturated rings. The lowest BCUT2D eigenvalue weighted by molar-refractivity contribution is 0.0932. The number of H-pyrrole nitrogens is 1. The zero-order valence-corrected chi connectivity index (χ0v) is 14.1. The van der Waals surface area contributed by atoms with E-state index in [1.54, 1.807) is 11.5 Å². The molecule has 1 atom stereocenters. The molecule has 0 spiro atoms. The molecule has 2 N–H and O–H groups in total. The highest BCUT2D eigenvalue weighted by atomic mass is 32.1. The first-order valence-corrected chi connectivity index (χ1v) is 8.00. The summed E-state index contributed by atoms with van der Waals surface area (Å²) in [6.07, 6.45) is 1.50. The van der Waals surface area contributed by atoms with Gasteiger partial charge in [0.1, 0.15) is 17.3 Å². The van der Waals surface area contributed by atoms with Crippen LogP contribution in [0.1, 0.15) is 29.0 Å². The van der Waals surface area contributed by atoms with E-state index in [4.69, 9.17) is 12.2 Å². The van der Waals surface area contributed by atoms with E-state index < -0.39 is 23.6 Å². The Labute approximate surface area is 148 Å². The molecule has 0 radical (unpaired) electrons. The number of imidazole rings is 1. The van der Waals surface area contributed by atoms with E-state index in [2.05, 4.69) is 10.3 Å². The van der Waals surface area contributed by atoms with Gasteiger partial charge in [0.25, 0.3) is 5.91 Å². The predicted octanol–water partition coefficient (Wildman–Crippen LogP) is 4.30. The van der Waals surface area contributed by atoms with Crippen LogP contribution in [-0.4, -0.2) is 15.5 Å². The average Bonchev–Trinajstić information content (AvgIpc) is 2.97. The average molecular weight is 359 g/mol. The Kier molecular flexibility index (Phi) is 4.76. The molecule has 25 heavy (non-hydrogen) atoms. The number of hydrogen-bond acceptors (Lipinski definition) is 2. The molecular weight excluding hydrogens is 344 g/mol. The van der Waals surface area contributed by atoms with Gasteiger partial charge >= 0.3 is 0 Å². The van der Waals surface area contributed by atoms with Crippen LogP contribution in [0.15, 0.2) is 54.7 Å². The van der Waals surface area contributed by atoms with Gasteiger partial charge in [0.15, 0.2) is 4.77 Å². The van der Waals surface area contributed by atoms with Crippen LogP contribution in [0.2, 0.25) is 0 Å². The van der Waals surface area contributed by atoms with Crippen LogP contribution in [0.4, 0.5) is 8.78 Å². The minimum absolute atomic E-state index is 0.204. The van der Waals surface area contributed by atoms with Gasteiger partial charge in [-0.3, -0.25) is 9.36 Å². The second-order valence-corrected chi connectivity index (χ2v) is 5.90. The summed E-state index contributed by atoms with van der Waals surface area (Å²) in [4.78, 5) is 15.5. The standard InChI is InChI=1S/C18H15F2N3OS/c1-11(14-8-7-12(19)9-15(14)20)22-17(24)16-10-21-18(25)23(16)13-5-3-2-4-6-13/h2-11H,1H3,(H,21,25)(H,22,24). The molecule has 1 aromatic heterocycles. The van der Waals surface area contributed by atoms with Gasteiger partial charge in [0.2, 0.25) is 0 Å². The van der Waals surface area contributed by atoms with Crippen molar-refractivity contribution < 1.29 is 13.6 Å². The summed E-state index contributed by atoms with van der Waals surface area (Å²) >= 11 is 5.24. The van der Waals surface area contributed by atoms with E-state index in [1.165, 1.54) is 12.3 Å². The summed E-state index contributed by atoms with van der Waals surface area (Å²) in [5.74, 6) is -1.79. The predicted molar refractivity (Wildman–Crippen MR) is 93.2 cm³/mol. The van der Waals surface area contributed by atoms with Crippen LogP contribution in [0.3, 0.4) is 0 Å². The van der Waals surface area contributed by atoms with E-state index in [0.29, 0.717) is 10.5 Å². The quantitative estimate of drug-likeness (QED) is 0.682. The van der Waals surface area contributed by atoms with E-state index in [-0.39, 0.29) is 5.56 Å². The molecular formula is C18H15F2N3OS. The minimum Gasteiger partial charge on any atom is -0.344 e. The molecule has 0 aliphatic rings. The number of amides is 1. The fourth-order valence-electron chi connectivity index (χ4n) is 2.57. The zero-order valence-electron chi connectivity index (χ0n) is 13.3. The van der Waals surface area contributed by atoms with Crippen LogP contribution in [-0.2, 0) is 0 Å². The van der Waals surface area contributed by atoms with Crippen molar-refractivity contribution >= 4 is 18.1 Å². The van der Waals surface area contributed by atoms with E-state index in [0.717, 1.165) is 17.8 Å². The molecule has 1 heterocycles. The van der Waals surface area contributed by atoms with Crippen molar-refractivity contribution in [3.63, 3.8) is 0 Å². The summed E-state index contributed by atoms with van der Waals surface area (Å²) in [6, 6.07) is 11.8. The molecule has 0 bridgehead atoms. The first-order valence-electron chi connectivity index (χ1n) is 7.59. The number of nitrogens with one attached hydrogen (secondary N) is 2. The van der Waals surface area contributed by atoms with Gasteiger partial charge in [-0.25, -0.2) is 8.78 Å². The van der Waals surface area contributed by atoms with Crippen LogP contribution >= 0.6 is 12.2 Å². The highest BCUT2D eigenvalue weighted by molar-refractivity contribution is 7.71. The lowest BCUT2D eigenvalue weighted by Crippen LogP contribution is -2.29. The maximum atomic E-state index is 13.9. The third-order valence-electron chi connectivity index (χ3n) is 3.80. The summed E-state index contributed by atoms with van der Waals surface area (Å²) in [6.45, 7) is 1.63. The molecule has 0 aliphatic heterocycles. The SMILES string of the molecule is CC(NC(=O)c1c[nH]c(=S)n1-c1ccccc1)c1ccc(F)cc1F. The monoisotopic (exact) mass is 359 g/mol. The molecule has 0 saturated carbocycles. The summed E-state index contributed by atoms with van der Waals surface area (Å²) < 4.78 is 28.9. The fourth-order valence-corrected chi connectivity index (χ4v) is 2.83. The van der Waals surface area contributed by atoms with E-state index in [1.807, 2.05) is 30.3 Å². The van der Waals surface area contributed by atoms with Gasteiger partial charge in [-0.15, -0.1) is 0 Å². The van der Waals surface area contributed by atoms with Crippen molar-refractivity contribution in [1.82, 2.24) is 14.9 Å². The second kappa shape index (κ2) is 6.98. The Hall–Kier alpha value is -2.80. The van der Waals surface area contributed by atoms with Crippen LogP contribution < -0.4 is 5.32 Å². The maximum absolute atomic E-state index is 13.9. The number of hydrogen-bond donors (Lipinski definition) is 2. The summed E-state index contributed by atoms with van der Waals surface area (Å²) in [7, 11) is 0. The molecule has 0 aliphatic carbocycles. The topological polar surface area (TPSA) is 49.8 Å². The number of aromatic amines is 1. The third kappa shape index (κ3) is 3.51. The smallest absolute Gasteiger partial charge is 0.270 e. The summed E-state index contributed by atoms with van der Waals surface area (Å²) in [5, 5.41) is 2.71. The van der Waals surface area contributed by atoms with Gasteiger partial charge in [0, 0.05) is 23.5 Å². The van der Waals surface area contributed by atoms with Gasteiger partial charge in [0.05, 0.1) is 6.04 Å². The Bertz CT molecular complexity index is 966. The molecule has 3 rings (SSSR count). The fraction of sp³-hybridized carbons (Fsp3) is 0.111. The van der Waals surface area contributed by atoms with Crippen LogP contribution in [0.5, 0.6) is 0 Å². The number of para-hydroxylation sites is 1. The van der Waals surface area contributed by atoms with Crippen LogP contribution in [0, 0.1) is 16.4 Å². The molecule has 128 valence electrons. The van der Waals surface area contributed by atoms with Gasteiger partial charge < -0.3 is 10.3 Å². The highest BCUT2D eigenvalue weighted by Crippen LogP contribution is 2.19. The Balaban J connectivity index is 1.89. The Morgan fingerprint density at radius 3 is 2.60 bits per heavy atom. The molecule has 1 unspecified atom stereocenters. The summed E-state index contributed by atoms with van der Waals surface area (Å²) in [5.41, 5.74) is 1.24. The van der Waals surface area contributed by atoms with Gasteiger partial charge in [-0.2, -0.15) is 0 Å². The number of rotatable bonds is 4. The molecule has 2 aromatic carbocycles. The Morgan fingerprint density at radius 2 is 1.92 bits per heavy atom. The largest absolute Gasteiger partial charge is 0.344 e. The van der Waals surface area contributed by atoms with Crippen molar-refractivity contribution in [3.05, 3.63) is 82.4 Å². The van der Waals surface area contributed by atoms with Crippen molar-refractivity contribution in [2.24, 2.45) is 0 Å². The normalized spacial score (nSPS) is 12.0. The first-order chi connectivity index (χ1) is 12.0. The third-order valence-corrected chi connectivity index (χ3v) is 4.10. The molecule has 0 saturated heterocycles.